The molecule has 1 aromatic carbocycles. The van der Waals surface area contributed by atoms with Crippen molar-refractivity contribution in [1.82, 2.24) is 4.98 Å². The third kappa shape index (κ3) is 4.30. The molecule has 1 atom stereocenters. The molecule has 1 amide bonds. The fourth-order valence-corrected chi connectivity index (χ4v) is 2.11. The van der Waals surface area contributed by atoms with Crippen molar-refractivity contribution in [1.29, 1.82) is 0 Å². The summed E-state index contributed by atoms with van der Waals surface area (Å²) in [6.45, 7) is 5.43. The highest BCUT2D eigenvalue weighted by Crippen LogP contribution is 2.16. The van der Waals surface area contributed by atoms with Crippen LogP contribution in [0, 0.1) is 13.8 Å². The summed E-state index contributed by atoms with van der Waals surface area (Å²) in [4.78, 5) is 16.4. The number of hydrogen-bond donors (Lipinski definition) is 2. The molecule has 0 fully saturated rings. The van der Waals surface area contributed by atoms with Crippen LogP contribution in [-0.2, 0) is 11.4 Å². The first-order chi connectivity index (χ1) is 10.5. The third-order valence-corrected chi connectivity index (χ3v) is 3.11. The van der Waals surface area contributed by atoms with E-state index in [9.17, 15) is 4.79 Å². The van der Waals surface area contributed by atoms with E-state index in [0.29, 0.717) is 11.6 Å². The van der Waals surface area contributed by atoms with Crippen LogP contribution in [0.5, 0.6) is 5.75 Å². The van der Waals surface area contributed by atoms with Crippen LogP contribution >= 0.6 is 0 Å². The zero-order valence-electron chi connectivity index (χ0n) is 13.0. The molecule has 116 valence electrons. The number of carbonyl (C=O) groups excluding carboxylic acids is 1. The van der Waals surface area contributed by atoms with Crippen LogP contribution in [0.15, 0.2) is 36.4 Å². The summed E-state index contributed by atoms with van der Waals surface area (Å²) in [5.41, 5.74) is 2.62. The van der Waals surface area contributed by atoms with Crippen molar-refractivity contribution >= 4 is 11.7 Å². The lowest BCUT2D eigenvalue weighted by Crippen LogP contribution is -2.30. The number of amides is 1. The quantitative estimate of drug-likeness (QED) is 0.890. The monoisotopic (exact) mass is 300 g/mol. The Morgan fingerprint density at radius 2 is 2.09 bits per heavy atom. The molecule has 5 heteroatoms. The number of rotatable bonds is 5. The number of carbonyl (C=O) groups is 1. The zero-order valence-corrected chi connectivity index (χ0v) is 13.0. The van der Waals surface area contributed by atoms with Crippen molar-refractivity contribution in [2.45, 2.75) is 33.5 Å². The molecule has 0 saturated heterocycles. The maximum Gasteiger partial charge on any atom is 0.266 e. The number of ether oxygens (including phenoxy) is 1. The lowest BCUT2D eigenvalue weighted by atomic mass is 10.2. The van der Waals surface area contributed by atoms with Crippen LogP contribution in [0.1, 0.15) is 23.7 Å². The summed E-state index contributed by atoms with van der Waals surface area (Å²) >= 11 is 0. The summed E-state index contributed by atoms with van der Waals surface area (Å²) in [5, 5.41) is 11.9. The van der Waals surface area contributed by atoms with Gasteiger partial charge in [0.05, 0.1) is 6.61 Å². The second kappa shape index (κ2) is 7.04. The Hall–Kier alpha value is -2.40. The number of anilines is 1. The molecule has 0 radical (unpaired) electrons. The first kappa shape index (κ1) is 16.0. The van der Waals surface area contributed by atoms with Crippen LogP contribution in [0.4, 0.5) is 5.82 Å². The van der Waals surface area contributed by atoms with Gasteiger partial charge in [0.2, 0.25) is 0 Å². The molecule has 2 rings (SSSR count). The van der Waals surface area contributed by atoms with Gasteiger partial charge in [0.1, 0.15) is 11.6 Å². The minimum atomic E-state index is -0.670. The molecule has 5 nitrogen and oxygen atoms in total. The van der Waals surface area contributed by atoms with E-state index in [0.717, 1.165) is 16.8 Å². The van der Waals surface area contributed by atoms with Crippen LogP contribution in [0.3, 0.4) is 0 Å². The molecular formula is C17H20N2O3. The number of nitrogens with one attached hydrogen (secondary N) is 1. The fourth-order valence-electron chi connectivity index (χ4n) is 2.11. The van der Waals surface area contributed by atoms with Gasteiger partial charge in [0.15, 0.2) is 6.10 Å². The summed E-state index contributed by atoms with van der Waals surface area (Å²) in [7, 11) is 0. The zero-order chi connectivity index (χ0) is 16.1. The van der Waals surface area contributed by atoms with E-state index in [1.165, 1.54) is 0 Å². The highest BCUT2D eigenvalue weighted by molar-refractivity contribution is 5.93. The van der Waals surface area contributed by atoms with Gasteiger partial charge in [-0.15, -0.1) is 0 Å². The molecule has 0 aliphatic carbocycles. The second-order valence-corrected chi connectivity index (χ2v) is 5.23. The predicted molar refractivity (Wildman–Crippen MR) is 84.8 cm³/mol. The average molecular weight is 300 g/mol. The number of aliphatic hydroxyl groups excluding tert-OH is 1. The van der Waals surface area contributed by atoms with E-state index >= 15 is 0 Å². The maximum atomic E-state index is 12.2. The smallest absolute Gasteiger partial charge is 0.266 e. The van der Waals surface area contributed by atoms with E-state index in [4.69, 9.17) is 9.84 Å². The number of aromatic nitrogens is 1. The average Bonchev–Trinajstić information content (AvgIpc) is 2.46. The van der Waals surface area contributed by atoms with Gasteiger partial charge in [0, 0.05) is 5.69 Å². The fraction of sp³-hybridized carbons (Fsp3) is 0.294. The molecule has 1 aromatic heterocycles. The summed E-state index contributed by atoms with van der Waals surface area (Å²) in [6.07, 6.45) is -0.670. The number of nitrogens with zero attached hydrogens (tertiary/aromatic N) is 1. The molecule has 1 unspecified atom stereocenters. The number of aryl methyl sites for hydroxylation is 2. The number of pyridine rings is 1. The SMILES string of the molecule is Cc1cc(C)nc(NC(=O)C(C)Oc2cccc(CO)c2)c1. The maximum absolute atomic E-state index is 12.2. The summed E-state index contributed by atoms with van der Waals surface area (Å²) < 4.78 is 5.60. The minimum absolute atomic E-state index is 0.0652. The molecule has 0 bridgehead atoms. The molecule has 22 heavy (non-hydrogen) atoms. The van der Waals surface area contributed by atoms with Gasteiger partial charge in [-0.1, -0.05) is 12.1 Å². The molecular weight excluding hydrogens is 280 g/mol. The highest BCUT2D eigenvalue weighted by atomic mass is 16.5. The minimum Gasteiger partial charge on any atom is -0.481 e. The van der Waals surface area contributed by atoms with Crippen molar-refractivity contribution in [2.24, 2.45) is 0 Å². The molecule has 0 saturated carbocycles. The largest absolute Gasteiger partial charge is 0.481 e. The highest BCUT2D eigenvalue weighted by Gasteiger charge is 2.15. The Morgan fingerprint density at radius 1 is 1.32 bits per heavy atom. The molecule has 0 aliphatic heterocycles. The molecule has 0 aliphatic rings. The van der Waals surface area contributed by atoms with E-state index in [-0.39, 0.29) is 12.5 Å². The summed E-state index contributed by atoms with van der Waals surface area (Å²) in [5.74, 6) is 0.788. The van der Waals surface area contributed by atoms with Gasteiger partial charge >= 0.3 is 0 Å². The lowest BCUT2D eigenvalue weighted by molar-refractivity contribution is -0.122. The Labute approximate surface area is 130 Å². The first-order valence-corrected chi connectivity index (χ1v) is 7.10. The number of aliphatic hydroxyl groups is 1. The standard InChI is InChI=1S/C17H20N2O3/c1-11-7-12(2)18-16(8-11)19-17(21)13(3)22-15-6-4-5-14(9-15)10-20/h4-9,13,20H,10H2,1-3H3,(H,18,19,21). The van der Waals surface area contributed by atoms with Crippen molar-refractivity contribution in [3.8, 4) is 5.75 Å². The first-order valence-electron chi connectivity index (χ1n) is 7.10. The predicted octanol–water partition coefficient (Wildman–Crippen LogP) is 2.60. The number of hydrogen-bond acceptors (Lipinski definition) is 4. The van der Waals surface area contributed by atoms with E-state index in [1.807, 2.05) is 26.0 Å². The topological polar surface area (TPSA) is 71.5 Å². The Kier molecular flexibility index (Phi) is 5.12. The molecule has 0 spiro atoms. The Bertz CT molecular complexity index is 650. The lowest BCUT2D eigenvalue weighted by Gasteiger charge is -2.15. The van der Waals surface area contributed by atoms with Crippen molar-refractivity contribution < 1.29 is 14.6 Å². The van der Waals surface area contributed by atoms with E-state index in [1.54, 1.807) is 31.2 Å². The normalized spacial score (nSPS) is 11.8. The van der Waals surface area contributed by atoms with Crippen molar-refractivity contribution in [3.63, 3.8) is 0 Å². The van der Waals surface area contributed by atoms with Gasteiger partial charge in [-0.3, -0.25) is 4.79 Å². The van der Waals surface area contributed by atoms with Crippen LogP contribution in [-0.4, -0.2) is 22.1 Å². The second-order valence-electron chi connectivity index (χ2n) is 5.23. The number of benzene rings is 1. The van der Waals surface area contributed by atoms with E-state index in [2.05, 4.69) is 10.3 Å². The van der Waals surface area contributed by atoms with Crippen LogP contribution in [0.25, 0.3) is 0 Å². The van der Waals surface area contributed by atoms with Gasteiger partial charge < -0.3 is 15.2 Å². The van der Waals surface area contributed by atoms with Gasteiger partial charge in [-0.2, -0.15) is 0 Å². The van der Waals surface area contributed by atoms with Gasteiger partial charge in [0.25, 0.3) is 5.91 Å². The summed E-state index contributed by atoms with van der Waals surface area (Å²) in [6, 6.07) is 10.8. The van der Waals surface area contributed by atoms with Crippen LogP contribution < -0.4 is 10.1 Å². The Morgan fingerprint density at radius 3 is 2.77 bits per heavy atom. The molecule has 2 N–H and O–H groups in total. The van der Waals surface area contributed by atoms with Gasteiger partial charge in [-0.25, -0.2) is 4.98 Å². The molecule has 2 aromatic rings. The van der Waals surface area contributed by atoms with Crippen molar-refractivity contribution in [2.75, 3.05) is 5.32 Å². The molecule has 1 heterocycles. The van der Waals surface area contributed by atoms with Gasteiger partial charge in [-0.05, 0) is 56.2 Å². The van der Waals surface area contributed by atoms with E-state index < -0.39 is 6.10 Å². The third-order valence-electron chi connectivity index (χ3n) is 3.11. The van der Waals surface area contributed by atoms with Crippen LogP contribution in [0.2, 0.25) is 0 Å². The Balaban J connectivity index is 2.02. The van der Waals surface area contributed by atoms with Crippen molar-refractivity contribution in [3.05, 3.63) is 53.2 Å².